The molecule has 33 heavy (non-hydrogen) atoms. The number of hydrogen-bond acceptors (Lipinski definition) is 6. The summed E-state index contributed by atoms with van der Waals surface area (Å²) in [5, 5.41) is 0.228. The molecule has 1 aliphatic rings. The van der Waals surface area contributed by atoms with Crippen LogP contribution in [0.5, 0.6) is 5.75 Å². The zero-order chi connectivity index (χ0) is 24.0. The molecule has 0 spiro atoms. The normalized spacial score (nSPS) is 14.6. The van der Waals surface area contributed by atoms with E-state index in [-0.39, 0.29) is 33.4 Å². The number of esters is 1. The number of amides is 1. The number of nitrogens with zero attached hydrogens (tertiary/aromatic N) is 2. The van der Waals surface area contributed by atoms with Crippen LogP contribution in [0.15, 0.2) is 53.4 Å². The number of halogens is 1. The third kappa shape index (κ3) is 5.78. The Morgan fingerprint density at radius 3 is 2.36 bits per heavy atom. The number of ether oxygens (including phenoxy) is 2. The van der Waals surface area contributed by atoms with Crippen LogP contribution >= 0.6 is 11.6 Å². The smallest absolute Gasteiger partial charge is 0.309 e. The number of carbonyl (C=O) groups excluding carboxylic acids is 2. The van der Waals surface area contributed by atoms with Crippen LogP contribution in [0.25, 0.3) is 0 Å². The number of piperidine rings is 1. The Morgan fingerprint density at radius 1 is 1.12 bits per heavy atom. The number of likely N-dealkylation sites (tertiary alicyclic amines) is 1. The maximum atomic E-state index is 13.4. The Labute approximate surface area is 199 Å². The van der Waals surface area contributed by atoms with E-state index in [1.807, 2.05) is 0 Å². The number of rotatable bonds is 8. The fraction of sp³-hybridized carbons (Fsp3) is 0.391. The van der Waals surface area contributed by atoms with Gasteiger partial charge in [0.25, 0.3) is 10.0 Å². The van der Waals surface area contributed by atoms with Crippen molar-refractivity contribution in [3.63, 3.8) is 0 Å². The summed E-state index contributed by atoms with van der Waals surface area (Å²) in [6, 6.07) is 12.5. The van der Waals surface area contributed by atoms with Crippen LogP contribution in [0.1, 0.15) is 19.8 Å². The summed E-state index contributed by atoms with van der Waals surface area (Å²) in [4.78, 5) is 26.7. The summed E-state index contributed by atoms with van der Waals surface area (Å²) < 4.78 is 38.2. The molecule has 2 aromatic rings. The van der Waals surface area contributed by atoms with E-state index in [1.54, 1.807) is 42.2 Å². The molecule has 1 amide bonds. The number of hydrogen-bond donors (Lipinski definition) is 0. The molecular formula is C23H27ClN2O6S. The van der Waals surface area contributed by atoms with Gasteiger partial charge in [-0.25, -0.2) is 8.42 Å². The maximum absolute atomic E-state index is 13.4. The third-order valence-electron chi connectivity index (χ3n) is 5.50. The van der Waals surface area contributed by atoms with Gasteiger partial charge in [-0.3, -0.25) is 13.9 Å². The molecule has 0 aliphatic carbocycles. The Balaban J connectivity index is 1.84. The average molecular weight is 495 g/mol. The number of benzene rings is 2. The molecular weight excluding hydrogens is 468 g/mol. The molecule has 0 bridgehead atoms. The van der Waals surface area contributed by atoms with Crippen molar-refractivity contribution in [3.05, 3.63) is 53.6 Å². The molecule has 1 aliphatic heterocycles. The minimum atomic E-state index is -4.04. The highest BCUT2D eigenvalue weighted by atomic mass is 35.5. The zero-order valence-corrected chi connectivity index (χ0v) is 20.1. The first-order chi connectivity index (χ1) is 15.8. The number of sulfonamides is 1. The molecule has 3 rings (SSSR count). The van der Waals surface area contributed by atoms with Crippen LogP contribution in [0.2, 0.25) is 5.02 Å². The molecule has 10 heteroatoms. The van der Waals surface area contributed by atoms with Crippen LogP contribution in [0.4, 0.5) is 5.69 Å². The van der Waals surface area contributed by atoms with Crippen molar-refractivity contribution in [1.29, 1.82) is 0 Å². The molecule has 0 N–H and O–H groups in total. The summed E-state index contributed by atoms with van der Waals surface area (Å²) in [5.74, 6) is -0.474. The van der Waals surface area contributed by atoms with Crippen molar-refractivity contribution >= 4 is 39.2 Å². The molecule has 0 unspecified atom stereocenters. The highest BCUT2D eigenvalue weighted by molar-refractivity contribution is 7.92. The predicted octanol–water partition coefficient (Wildman–Crippen LogP) is 3.35. The zero-order valence-electron chi connectivity index (χ0n) is 18.6. The summed E-state index contributed by atoms with van der Waals surface area (Å²) in [5.41, 5.74) is 0.249. The first kappa shape index (κ1) is 24.9. The van der Waals surface area contributed by atoms with Gasteiger partial charge < -0.3 is 14.4 Å². The lowest BCUT2D eigenvalue weighted by Gasteiger charge is -2.33. The molecule has 0 aromatic heterocycles. The van der Waals surface area contributed by atoms with Crippen LogP contribution in [-0.2, 0) is 24.3 Å². The minimum Gasteiger partial charge on any atom is -0.495 e. The molecule has 0 saturated carbocycles. The fourth-order valence-corrected chi connectivity index (χ4v) is 5.37. The van der Waals surface area contributed by atoms with E-state index in [9.17, 15) is 18.0 Å². The molecule has 2 aromatic carbocycles. The van der Waals surface area contributed by atoms with E-state index >= 15 is 0 Å². The van der Waals surface area contributed by atoms with Gasteiger partial charge >= 0.3 is 5.97 Å². The summed E-state index contributed by atoms with van der Waals surface area (Å²) >= 11 is 6.24. The second-order valence-corrected chi connectivity index (χ2v) is 9.82. The standard InChI is InChI=1S/C23H27ClN2O6S/c1-3-32-23(28)17-11-13-25(14-12-17)22(27)16-26(18-9-10-21(31-2)20(24)15-18)33(29,30)19-7-5-4-6-8-19/h4-10,15,17H,3,11-14,16H2,1-2H3. The quantitative estimate of drug-likeness (QED) is 0.522. The van der Waals surface area contributed by atoms with Gasteiger partial charge in [-0.05, 0) is 50.1 Å². The summed E-state index contributed by atoms with van der Waals surface area (Å²) in [6.07, 6.45) is 0.953. The van der Waals surface area contributed by atoms with Gasteiger partial charge in [0.2, 0.25) is 5.91 Å². The van der Waals surface area contributed by atoms with E-state index in [4.69, 9.17) is 21.1 Å². The van der Waals surface area contributed by atoms with Gasteiger partial charge in [-0.15, -0.1) is 0 Å². The molecule has 0 radical (unpaired) electrons. The monoisotopic (exact) mass is 494 g/mol. The second-order valence-electron chi connectivity index (χ2n) is 7.55. The Bertz CT molecular complexity index is 1090. The van der Waals surface area contributed by atoms with Gasteiger partial charge in [-0.1, -0.05) is 29.8 Å². The molecule has 178 valence electrons. The van der Waals surface area contributed by atoms with Crippen molar-refractivity contribution in [1.82, 2.24) is 4.90 Å². The van der Waals surface area contributed by atoms with Crippen molar-refractivity contribution in [2.24, 2.45) is 5.92 Å². The van der Waals surface area contributed by atoms with Crippen LogP contribution in [0, 0.1) is 5.92 Å². The predicted molar refractivity (Wildman–Crippen MR) is 125 cm³/mol. The SMILES string of the molecule is CCOC(=O)C1CCN(C(=O)CN(c2ccc(OC)c(Cl)c2)S(=O)(=O)c2ccccc2)CC1. The van der Waals surface area contributed by atoms with Crippen LogP contribution < -0.4 is 9.04 Å². The van der Waals surface area contributed by atoms with Crippen molar-refractivity contribution < 1.29 is 27.5 Å². The van der Waals surface area contributed by atoms with E-state index in [2.05, 4.69) is 0 Å². The van der Waals surface area contributed by atoms with Crippen LogP contribution in [0.3, 0.4) is 0 Å². The number of methoxy groups -OCH3 is 1. The number of anilines is 1. The largest absolute Gasteiger partial charge is 0.495 e. The average Bonchev–Trinajstić information content (AvgIpc) is 2.83. The Kier molecular flexibility index (Phi) is 8.20. The van der Waals surface area contributed by atoms with E-state index in [0.29, 0.717) is 38.3 Å². The molecule has 1 saturated heterocycles. The summed E-state index contributed by atoms with van der Waals surface area (Å²) in [6.45, 7) is 2.37. The van der Waals surface area contributed by atoms with Crippen molar-refractivity contribution in [2.75, 3.05) is 37.7 Å². The first-order valence-electron chi connectivity index (χ1n) is 10.6. The lowest BCUT2D eigenvalue weighted by Crippen LogP contribution is -2.46. The van der Waals surface area contributed by atoms with Gasteiger partial charge in [0, 0.05) is 13.1 Å². The van der Waals surface area contributed by atoms with Gasteiger partial charge in [0.15, 0.2) is 0 Å². The minimum absolute atomic E-state index is 0.0609. The molecule has 1 heterocycles. The molecule has 0 atom stereocenters. The van der Waals surface area contributed by atoms with Crippen molar-refractivity contribution in [3.8, 4) is 5.75 Å². The Hall–Kier alpha value is -2.78. The second kappa shape index (κ2) is 10.9. The highest BCUT2D eigenvalue weighted by Crippen LogP contribution is 2.32. The Morgan fingerprint density at radius 2 is 1.79 bits per heavy atom. The first-order valence-corrected chi connectivity index (χ1v) is 12.5. The van der Waals surface area contributed by atoms with Gasteiger partial charge in [-0.2, -0.15) is 0 Å². The van der Waals surface area contributed by atoms with E-state index < -0.39 is 16.6 Å². The lowest BCUT2D eigenvalue weighted by atomic mass is 9.97. The molecule has 1 fully saturated rings. The lowest BCUT2D eigenvalue weighted by molar-refractivity contribution is -0.151. The highest BCUT2D eigenvalue weighted by Gasteiger charge is 2.32. The fourth-order valence-electron chi connectivity index (χ4n) is 3.69. The topological polar surface area (TPSA) is 93.2 Å². The van der Waals surface area contributed by atoms with Gasteiger partial charge in [0.05, 0.1) is 35.2 Å². The van der Waals surface area contributed by atoms with Gasteiger partial charge in [0.1, 0.15) is 12.3 Å². The molecule has 8 nitrogen and oxygen atoms in total. The van der Waals surface area contributed by atoms with E-state index in [1.165, 1.54) is 25.3 Å². The third-order valence-corrected chi connectivity index (χ3v) is 7.58. The van der Waals surface area contributed by atoms with Crippen LogP contribution in [-0.4, -0.2) is 58.5 Å². The summed E-state index contributed by atoms with van der Waals surface area (Å²) in [7, 11) is -2.58. The maximum Gasteiger partial charge on any atom is 0.309 e. The number of carbonyl (C=O) groups is 2. The van der Waals surface area contributed by atoms with Crippen molar-refractivity contribution in [2.45, 2.75) is 24.7 Å². The van der Waals surface area contributed by atoms with E-state index in [0.717, 1.165) is 4.31 Å².